The second-order valence-corrected chi connectivity index (χ2v) is 5.05. The molecule has 0 aromatic heterocycles. The first kappa shape index (κ1) is 13.9. The number of nitrogens with one attached hydrogen (secondary N) is 1. The fourth-order valence-corrected chi connectivity index (χ4v) is 2.42. The maximum Gasteiger partial charge on any atom is 0.0445 e. The summed E-state index contributed by atoms with van der Waals surface area (Å²) >= 11 is 0. The van der Waals surface area contributed by atoms with Gasteiger partial charge in [0, 0.05) is 24.7 Å². The third-order valence-corrected chi connectivity index (χ3v) is 3.82. The van der Waals surface area contributed by atoms with Crippen molar-refractivity contribution in [2.75, 3.05) is 33.3 Å². The van der Waals surface area contributed by atoms with Gasteiger partial charge < -0.3 is 21.1 Å². The lowest BCUT2D eigenvalue weighted by atomic mass is 9.86. The molecular formula is C12H27N3O. The van der Waals surface area contributed by atoms with Crippen LogP contribution >= 0.6 is 0 Å². The molecule has 1 fully saturated rings. The van der Waals surface area contributed by atoms with Crippen molar-refractivity contribution in [3.8, 4) is 0 Å². The molecule has 0 saturated carbocycles. The Morgan fingerprint density at radius 2 is 2.06 bits per heavy atom. The lowest BCUT2D eigenvalue weighted by molar-refractivity contribution is 0.139. The monoisotopic (exact) mass is 229 g/mol. The minimum atomic E-state index is 0.0996. The molecule has 1 unspecified atom stereocenters. The van der Waals surface area contributed by atoms with Crippen molar-refractivity contribution in [3.05, 3.63) is 0 Å². The molecule has 4 nitrogen and oxygen atoms in total. The van der Waals surface area contributed by atoms with Crippen LogP contribution in [0.1, 0.15) is 32.6 Å². The SMILES string of the molecule is CCC(CCO)NC1(CN)CCN(C)CC1. The zero-order valence-electron chi connectivity index (χ0n) is 10.7. The largest absolute Gasteiger partial charge is 0.396 e. The summed E-state index contributed by atoms with van der Waals surface area (Å²) in [5.74, 6) is 0. The number of likely N-dealkylation sites (tertiary alicyclic amines) is 1. The Morgan fingerprint density at radius 1 is 1.44 bits per heavy atom. The first-order valence-corrected chi connectivity index (χ1v) is 6.43. The van der Waals surface area contributed by atoms with E-state index in [2.05, 4.69) is 24.2 Å². The van der Waals surface area contributed by atoms with Gasteiger partial charge in [0.25, 0.3) is 0 Å². The molecule has 0 spiro atoms. The highest BCUT2D eigenvalue weighted by Crippen LogP contribution is 2.22. The highest BCUT2D eigenvalue weighted by molar-refractivity contribution is 4.95. The summed E-state index contributed by atoms with van der Waals surface area (Å²) < 4.78 is 0. The number of nitrogens with zero attached hydrogens (tertiary/aromatic N) is 1. The van der Waals surface area contributed by atoms with Gasteiger partial charge in [-0.2, -0.15) is 0 Å². The van der Waals surface area contributed by atoms with Gasteiger partial charge in [-0.05, 0) is 45.8 Å². The van der Waals surface area contributed by atoms with Crippen LogP contribution in [0.4, 0.5) is 0 Å². The number of aliphatic hydroxyl groups excluding tert-OH is 1. The van der Waals surface area contributed by atoms with Gasteiger partial charge in [-0.1, -0.05) is 6.92 Å². The Bertz CT molecular complexity index is 191. The van der Waals surface area contributed by atoms with Crippen molar-refractivity contribution < 1.29 is 5.11 Å². The van der Waals surface area contributed by atoms with E-state index in [0.717, 1.165) is 38.8 Å². The smallest absolute Gasteiger partial charge is 0.0445 e. The van der Waals surface area contributed by atoms with Gasteiger partial charge in [0.05, 0.1) is 0 Å². The molecule has 0 aromatic rings. The minimum absolute atomic E-state index is 0.0996. The minimum Gasteiger partial charge on any atom is -0.396 e. The molecule has 0 bridgehead atoms. The second kappa shape index (κ2) is 6.55. The molecule has 1 atom stereocenters. The number of rotatable bonds is 6. The van der Waals surface area contributed by atoms with E-state index in [9.17, 15) is 0 Å². The topological polar surface area (TPSA) is 61.5 Å². The van der Waals surface area contributed by atoms with Crippen LogP contribution in [0.25, 0.3) is 0 Å². The summed E-state index contributed by atoms with van der Waals surface area (Å²) in [5, 5.41) is 12.7. The third kappa shape index (κ3) is 3.70. The highest BCUT2D eigenvalue weighted by Gasteiger charge is 2.33. The number of hydrogen-bond donors (Lipinski definition) is 3. The van der Waals surface area contributed by atoms with Crippen LogP contribution in [-0.4, -0.2) is 54.9 Å². The van der Waals surface area contributed by atoms with Gasteiger partial charge in [0.2, 0.25) is 0 Å². The maximum atomic E-state index is 9.02. The molecule has 0 amide bonds. The van der Waals surface area contributed by atoms with E-state index in [-0.39, 0.29) is 12.1 Å². The standard InChI is InChI=1S/C12H27N3O/c1-3-11(4-9-16)14-12(10-13)5-7-15(2)8-6-12/h11,14,16H,3-10,13H2,1-2H3. The van der Waals surface area contributed by atoms with Crippen LogP contribution in [0, 0.1) is 0 Å². The Hall–Kier alpha value is -0.160. The highest BCUT2D eigenvalue weighted by atomic mass is 16.3. The molecule has 1 rings (SSSR count). The quantitative estimate of drug-likeness (QED) is 0.607. The molecule has 16 heavy (non-hydrogen) atoms. The van der Waals surface area contributed by atoms with Crippen molar-refractivity contribution >= 4 is 0 Å². The van der Waals surface area contributed by atoms with E-state index >= 15 is 0 Å². The lowest BCUT2D eigenvalue weighted by Gasteiger charge is -2.43. The average molecular weight is 229 g/mol. The molecule has 1 heterocycles. The fraction of sp³-hybridized carbons (Fsp3) is 1.00. The van der Waals surface area contributed by atoms with Crippen LogP contribution < -0.4 is 11.1 Å². The average Bonchev–Trinajstić information content (AvgIpc) is 2.32. The summed E-state index contributed by atoms with van der Waals surface area (Å²) in [6.45, 7) is 5.33. The Kier molecular flexibility index (Phi) is 5.69. The summed E-state index contributed by atoms with van der Waals surface area (Å²) in [5.41, 5.74) is 6.04. The molecule has 0 radical (unpaired) electrons. The molecular weight excluding hydrogens is 202 g/mol. The van der Waals surface area contributed by atoms with Crippen molar-refractivity contribution in [1.29, 1.82) is 0 Å². The van der Waals surface area contributed by atoms with Gasteiger partial charge >= 0.3 is 0 Å². The van der Waals surface area contributed by atoms with Crippen LogP contribution in [0.5, 0.6) is 0 Å². The maximum absolute atomic E-state index is 9.02. The van der Waals surface area contributed by atoms with Crippen LogP contribution in [0.15, 0.2) is 0 Å². The number of aliphatic hydroxyl groups is 1. The van der Waals surface area contributed by atoms with Gasteiger partial charge in [-0.25, -0.2) is 0 Å². The summed E-state index contributed by atoms with van der Waals surface area (Å²) in [4.78, 5) is 2.35. The van der Waals surface area contributed by atoms with Gasteiger partial charge in [0.15, 0.2) is 0 Å². The summed E-state index contributed by atoms with van der Waals surface area (Å²) in [6.07, 6.45) is 4.11. The normalized spacial score (nSPS) is 23.2. The first-order valence-electron chi connectivity index (χ1n) is 6.43. The van der Waals surface area contributed by atoms with Crippen molar-refractivity contribution in [2.45, 2.75) is 44.2 Å². The van der Waals surface area contributed by atoms with E-state index in [4.69, 9.17) is 10.8 Å². The predicted molar refractivity (Wildman–Crippen MR) is 67.4 cm³/mol. The molecule has 1 aliphatic heterocycles. The van der Waals surface area contributed by atoms with E-state index in [1.165, 1.54) is 0 Å². The summed E-state index contributed by atoms with van der Waals surface area (Å²) in [7, 11) is 2.16. The van der Waals surface area contributed by atoms with Crippen LogP contribution in [0.3, 0.4) is 0 Å². The van der Waals surface area contributed by atoms with Gasteiger partial charge in [-0.3, -0.25) is 0 Å². The molecule has 0 aromatic carbocycles. The van der Waals surface area contributed by atoms with E-state index in [1.807, 2.05) is 0 Å². The molecule has 1 saturated heterocycles. The zero-order valence-corrected chi connectivity index (χ0v) is 10.7. The zero-order chi connectivity index (χ0) is 12.0. The number of nitrogens with two attached hydrogens (primary N) is 1. The lowest BCUT2D eigenvalue weighted by Crippen LogP contribution is -2.59. The van der Waals surface area contributed by atoms with Crippen molar-refractivity contribution in [2.24, 2.45) is 5.73 Å². The molecule has 4 heteroatoms. The molecule has 1 aliphatic rings. The van der Waals surface area contributed by atoms with Gasteiger partial charge in [-0.15, -0.1) is 0 Å². The van der Waals surface area contributed by atoms with Crippen molar-refractivity contribution in [3.63, 3.8) is 0 Å². The van der Waals surface area contributed by atoms with Crippen LogP contribution in [-0.2, 0) is 0 Å². The second-order valence-electron chi connectivity index (χ2n) is 5.05. The van der Waals surface area contributed by atoms with Gasteiger partial charge in [0.1, 0.15) is 0 Å². The van der Waals surface area contributed by atoms with Crippen molar-refractivity contribution in [1.82, 2.24) is 10.2 Å². The van der Waals surface area contributed by atoms with E-state index in [0.29, 0.717) is 12.6 Å². The van der Waals surface area contributed by atoms with E-state index < -0.39 is 0 Å². The molecule has 0 aliphatic carbocycles. The molecule has 96 valence electrons. The predicted octanol–water partition coefficient (Wildman–Crippen LogP) is 0.160. The number of hydrogen-bond acceptors (Lipinski definition) is 4. The fourth-order valence-electron chi connectivity index (χ4n) is 2.42. The van der Waals surface area contributed by atoms with Crippen LogP contribution in [0.2, 0.25) is 0 Å². The van der Waals surface area contributed by atoms with E-state index in [1.54, 1.807) is 0 Å². The Balaban J connectivity index is 2.51. The third-order valence-electron chi connectivity index (χ3n) is 3.82. The molecule has 4 N–H and O–H groups in total. The Morgan fingerprint density at radius 3 is 2.50 bits per heavy atom. The Labute approximate surface area is 99.2 Å². The number of piperidine rings is 1. The first-order chi connectivity index (χ1) is 7.65. The summed E-state index contributed by atoms with van der Waals surface area (Å²) in [6, 6.07) is 0.400.